The molecular formula is C16H26N4O3. The van der Waals surface area contributed by atoms with Crippen molar-refractivity contribution in [2.75, 3.05) is 38.7 Å². The molecule has 1 aromatic rings. The topological polar surface area (TPSA) is 71.7 Å². The van der Waals surface area contributed by atoms with E-state index in [1.807, 2.05) is 13.8 Å². The molecule has 2 aliphatic rings. The molecule has 1 aliphatic carbocycles. The first kappa shape index (κ1) is 17.6. The van der Waals surface area contributed by atoms with E-state index in [4.69, 9.17) is 4.74 Å². The zero-order valence-corrected chi connectivity index (χ0v) is 14.4. The first-order valence-corrected chi connectivity index (χ1v) is 8.17. The van der Waals surface area contributed by atoms with Crippen molar-refractivity contribution in [1.29, 1.82) is 0 Å². The molecule has 128 valence electrons. The largest absolute Gasteiger partial charge is 0.373 e. The number of hydrogen-bond donors (Lipinski definition) is 0. The number of hydrogen-bond acceptors (Lipinski definition) is 6. The highest BCUT2D eigenvalue weighted by molar-refractivity contribution is 5.47. The summed E-state index contributed by atoms with van der Waals surface area (Å²) < 4.78 is 5.97. The number of pyridine rings is 1. The van der Waals surface area contributed by atoms with Gasteiger partial charge in [0.25, 0.3) is 0 Å². The average molecular weight is 322 g/mol. The smallest absolute Gasteiger partial charge is 0.363 e. The minimum atomic E-state index is -0.475. The highest BCUT2D eigenvalue weighted by Gasteiger charge is 2.53. The van der Waals surface area contributed by atoms with Crippen LogP contribution in [-0.2, 0) is 4.74 Å². The van der Waals surface area contributed by atoms with Crippen molar-refractivity contribution in [3.63, 3.8) is 0 Å². The Bertz CT molecular complexity index is 529. The van der Waals surface area contributed by atoms with E-state index in [0.29, 0.717) is 6.61 Å². The van der Waals surface area contributed by atoms with Gasteiger partial charge in [0.05, 0.1) is 18.4 Å². The molecule has 2 fully saturated rings. The Morgan fingerprint density at radius 2 is 2.09 bits per heavy atom. The summed E-state index contributed by atoms with van der Waals surface area (Å²) in [7, 11) is 4.20. The summed E-state index contributed by atoms with van der Waals surface area (Å²) in [6.45, 7) is 6.27. The zero-order valence-electron chi connectivity index (χ0n) is 14.4. The van der Waals surface area contributed by atoms with Crippen molar-refractivity contribution in [3.8, 4) is 0 Å². The minimum Gasteiger partial charge on any atom is -0.373 e. The Balaban J connectivity index is 0.000000924. The molecule has 1 aliphatic heterocycles. The van der Waals surface area contributed by atoms with Crippen molar-refractivity contribution in [1.82, 2.24) is 9.88 Å². The van der Waals surface area contributed by atoms with E-state index in [-0.39, 0.29) is 17.5 Å². The number of likely N-dealkylation sites (N-methyl/N-ethyl adjacent to an activating group) is 1. The lowest BCUT2D eigenvalue weighted by Gasteiger charge is -2.40. The number of aromatic nitrogens is 1. The number of nitro groups is 1. The molecule has 23 heavy (non-hydrogen) atoms. The lowest BCUT2D eigenvalue weighted by atomic mass is 10.1. The van der Waals surface area contributed by atoms with E-state index in [9.17, 15) is 10.1 Å². The van der Waals surface area contributed by atoms with Crippen LogP contribution in [0.5, 0.6) is 0 Å². The van der Waals surface area contributed by atoms with Gasteiger partial charge in [0, 0.05) is 24.7 Å². The number of ether oxygens (including phenoxy) is 1. The quantitative estimate of drug-likeness (QED) is 0.626. The van der Waals surface area contributed by atoms with Crippen LogP contribution in [0.1, 0.15) is 26.7 Å². The second kappa shape index (κ2) is 7.23. The van der Waals surface area contributed by atoms with Crippen molar-refractivity contribution in [2.24, 2.45) is 0 Å². The SMILES string of the molecule is CC.CN(C)C1(C2CN(c3ccc([N+](=O)[O-])nc3)CCO2)CC1. The molecule has 0 aromatic carbocycles. The van der Waals surface area contributed by atoms with Crippen molar-refractivity contribution >= 4 is 11.5 Å². The fraction of sp³-hybridized carbons (Fsp3) is 0.688. The van der Waals surface area contributed by atoms with Crippen LogP contribution in [0, 0.1) is 10.1 Å². The van der Waals surface area contributed by atoms with Crippen molar-refractivity contribution in [3.05, 3.63) is 28.4 Å². The van der Waals surface area contributed by atoms with Crippen LogP contribution in [0.15, 0.2) is 18.3 Å². The molecule has 0 bridgehead atoms. The van der Waals surface area contributed by atoms with E-state index < -0.39 is 4.92 Å². The molecule has 1 atom stereocenters. The van der Waals surface area contributed by atoms with Gasteiger partial charge in [-0.3, -0.25) is 0 Å². The van der Waals surface area contributed by atoms with Gasteiger partial charge in [-0.15, -0.1) is 0 Å². The van der Waals surface area contributed by atoms with Crippen LogP contribution in [-0.4, -0.2) is 60.2 Å². The summed E-state index contributed by atoms with van der Waals surface area (Å²) in [5.41, 5.74) is 1.08. The number of morpholine rings is 1. The maximum atomic E-state index is 10.7. The van der Waals surface area contributed by atoms with Gasteiger partial charge in [-0.05, 0) is 42.9 Å². The summed E-state index contributed by atoms with van der Waals surface area (Å²) in [5, 5.41) is 10.7. The third-order valence-corrected chi connectivity index (χ3v) is 4.60. The van der Waals surface area contributed by atoms with Crippen LogP contribution in [0.4, 0.5) is 11.5 Å². The second-order valence-corrected chi connectivity index (χ2v) is 5.94. The summed E-state index contributed by atoms with van der Waals surface area (Å²) in [4.78, 5) is 18.5. The Kier molecular flexibility index (Phi) is 5.54. The molecule has 0 radical (unpaired) electrons. The summed E-state index contributed by atoms with van der Waals surface area (Å²) in [6, 6.07) is 3.22. The maximum Gasteiger partial charge on any atom is 0.363 e. The second-order valence-electron chi connectivity index (χ2n) is 5.94. The summed E-state index contributed by atoms with van der Waals surface area (Å²) >= 11 is 0. The molecule has 3 rings (SSSR count). The lowest BCUT2D eigenvalue weighted by Crippen LogP contribution is -2.53. The third-order valence-electron chi connectivity index (χ3n) is 4.60. The van der Waals surface area contributed by atoms with Gasteiger partial charge in [0.1, 0.15) is 0 Å². The highest BCUT2D eigenvalue weighted by atomic mass is 16.6. The van der Waals surface area contributed by atoms with Crippen LogP contribution in [0.3, 0.4) is 0 Å². The zero-order chi connectivity index (χ0) is 17.0. The van der Waals surface area contributed by atoms with E-state index in [1.165, 1.54) is 6.07 Å². The van der Waals surface area contributed by atoms with E-state index in [1.54, 1.807) is 12.3 Å². The van der Waals surface area contributed by atoms with Crippen LogP contribution < -0.4 is 4.90 Å². The highest BCUT2D eigenvalue weighted by Crippen LogP contribution is 2.45. The van der Waals surface area contributed by atoms with Gasteiger partial charge < -0.3 is 24.7 Å². The lowest BCUT2D eigenvalue weighted by molar-refractivity contribution is -0.389. The molecular weight excluding hydrogens is 296 g/mol. The summed E-state index contributed by atoms with van der Waals surface area (Å²) in [5.74, 6) is -0.115. The molecule has 1 aromatic heterocycles. The van der Waals surface area contributed by atoms with E-state index in [2.05, 4.69) is 28.9 Å². The maximum absolute atomic E-state index is 10.7. The van der Waals surface area contributed by atoms with Crippen LogP contribution >= 0.6 is 0 Å². The van der Waals surface area contributed by atoms with Crippen LogP contribution in [0.25, 0.3) is 0 Å². The Labute approximate surface area is 137 Å². The molecule has 0 spiro atoms. The standard InChI is InChI=1S/C14H20N4O3.C2H6/c1-16(2)14(5-6-14)12-10-17(7-8-21-12)11-3-4-13(15-9-11)18(19)20;1-2/h3-4,9,12H,5-8,10H2,1-2H3;1-2H3. The van der Waals surface area contributed by atoms with Gasteiger partial charge in [-0.25, -0.2) is 0 Å². The Hall–Kier alpha value is -1.73. The van der Waals surface area contributed by atoms with Crippen molar-refractivity contribution < 1.29 is 9.66 Å². The van der Waals surface area contributed by atoms with Crippen molar-refractivity contribution in [2.45, 2.75) is 38.3 Å². The molecule has 7 heteroatoms. The number of anilines is 1. The number of nitrogens with zero attached hydrogens (tertiary/aromatic N) is 4. The van der Waals surface area contributed by atoms with Gasteiger partial charge in [-0.2, -0.15) is 0 Å². The first-order valence-electron chi connectivity index (χ1n) is 8.17. The van der Waals surface area contributed by atoms with Gasteiger partial charge in [0.2, 0.25) is 0 Å². The van der Waals surface area contributed by atoms with Gasteiger partial charge in [0.15, 0.2) is 6.20 Å². The Morgan fingerprint density at radius 3 is 2.57 bits per heavy atom. The average Bonchev–Trinajstić information content (AvgIpc) is 3.39. The molecule has 0 N–H and O–H groups in total. The normalized spacial score (nSPS) is 22.3. The van der Waals surface area contributed by atoms with Gasteiger partial charge >= 0.3 is 5.82 Å². The number of rotatable bonds is 4. The molecule has 1 unspecified atom stereocenters. The molecule has 0 amide bonds. The summed E-state index contributed by atoms with van der Waals surface area (Å²) in [6.07, 6.45) is 4.08. The monoisotopic (exact) mass is 322 g/mol. The third kappa shape index (κ3) is 3.61. The van der Waals surface area contributed by atoms with E-state index >= 15 is 0 Å². The minimum absolute atomic E-state index is 0.115. The molecule has 7 nitrogen and oxygen atoms in total. The Morgan fingerprint density at radius 1 is 1.39 bits per heavy atom. The predicted molar refractivity (Wildman–Crippen MR) is 89.8 cm³/mol. The molecule has 1 saturated carbocycles. The fourth-order valence-electron chi connectivity index (χ4n) is 3.07. The van der Waals surface area contributed by atoms with Gasteiger partial charge in [-0.1, -0.05) is 13.8 Å². The van der Waals surface area contributed by atoms with E-state index in [0.717, 1.165) is 31.6 Å². The first-order chi connectivity index (χ1) is 11.0. The molecule has 2 heterocycles. The predicted octanol–water partition coefficient (Wildman–Crippen LogP) is 2.32. The molecule has 1 saturated heterocycles. The van der Waals surface area contributed by atoms with Crippen LogP contribution in [0.2, 0.25) is 0 Å². The fourth-order valence-corrected chi connectivity index (χ4v) is 3.07.